The minimum absolute atomic E-state index is 0.248. The predicted molar refractivity (Wildman–Crippen MR) is 37.6 cm³/mol. The Kier molecular flexibility index (Phi) is 2.06. The summed E-state index contributed by atoms with van der Waals surface area (Å²) < 4.78 is 4.35. The Morgan fingerprint density at radius 3 is 2.91 bits per heavy atom. The first-order chi connectivity index (χ1) is 5.18. The van der Waals surface area contributed by atoms with Crippen molar-refractivity contribution in [2.45, 2.75) is 6.92 Å². The maximum absolute atomic E-state index is 10.0. The molecule has 0 aliphatic rings. The second kappa shape index (κ2) is 3.01. The van der Waals surface area contributed by atoms with Gasteiger partial charge in [0, 0.05) is 6.20 Å². The van der Waals surface area contributed by atoms with Gasteiger partial charge in [-0.3, -0.25) is 4.98 Å². The van der Waals surface area contributed by atoms with Crippen LogP contribution in [0.15, 0.2) is 18.5 Å². The van der Waals surface area contributed by atoms with Crippen LogP contribution in [0.25, 0.3) is 0 Å². The lowest BCUT2D eigenvalue weighted by Gasteiger charge is -1.98. The molecule has 0 spiro atoms. The van der Waals surface area contributed by atoms with Crippen molar-refractivity contribution in [3.63, 3.8) is 0 Å². The van der Waals surface area contributed by atoms with E-state index in [1.807, 2.05) is 6.92 Å². The lowest BCUT2D eigenvalue weighted by atomic mass is 10.3. The molecule has 0 saturated heterocycles. The molecular weight excluding hydrogens is 146 g/mol. The standard InChI is InChI=1S/C7H7NO3/c1-5-2-6(4-8-3-5)11-7(9)10/h2-4H,1H3,(H,9,10). The SMILES string of the molecule is Cc1cncc(OC(=O)O)c1. The first kappa shape index (κ1) is 7.53. The van der Waals surface area contributed by atoms with Gasteiger partial charge in [0.25, 0.3) is 0 Å². The van der Waals surface area contributed by atoms with E-state index < -0.39 is 6.16 Å². The molecule has 4 heteroatoms. The molecule has 11 heavy (non-hydrogen) atoms. The summed E-state index contributed by atoms with van der Waals surface area (Å²) in [6.45, 7) is 1.81. The highest BCUT2D eigenvalue weighted by Crippen LogP contribution is 2.09. The van der Waals surface area contributed by atoms with Crippen LogP contribution < -0.4 is 4.74 Å². The zero-order valence-corrected chi connectivity index (χ0v) is 5.94. The second-order valence-corrected chi connectivity index (χ2v) is 2.07. The van der Waals surface area contributed by atoms with Crippen LogP contribution in [0.1, 0.15) is 5.56 Å². The average molecular weight is 153 g/mol. The van der Waals surface area contributed by atoms with Gasteiger partial charge in [-0.25, -0.2) is 4.79 Å². The highest BCUT2D eigenvalue weighted by atomic mass is 16.7. The Morgan fingerprint density at radius 2 is 2.36 bits per heavy atom. The first-order valence-corrected chi connectivity index (χ1v) is 3.01. The van der Waals surface area contributed by atoms with Gasteiger partial charge in [0.2, 0.25) is 0 Å². The summed E-state index contributed by atoms with van der Waals surface area (Å²) >= 11 is 0. The highest BCUT2D eigenvalue weighted by molar-refractivity contribution is 5.60. The number of aryl methyl sites for hydroxylation is 1. The average Bonchev–Trinajstić information content (AvgIpc) is 1.85. The molecule has 1 aromatic heterocycles. The topological polar surface area (TPSA) is 59.4 Å². The molecule has 0 bridgehead atoms. The zero-order valence-electron chi connectivity index (χ0n) is 5.94. The normalized spacial score (nSPS) is 9.18. The fourth-order valence-electron chi connectivity index (χ4n) is 0.684. The number of aromatic nitrogens is 1. The van der Waals surface area contributed by atoms with E-state index >= 15 is 0 Å². The first-order valence-electron chi connectivity index (χ1n) is 3.01. The van der Waals surface area contributed by atoms with Gasteiger partial charge in [-0.1, -0.05) is 0 Å². The summed E-state index contributed by atoms with van der Waals surface area (Å²) in [7, 11) is 0. The van der Waals surface area contributed by atoms with Gasteiger partial charge in [0.15, 0.2) is 5.75 Å². The quantitative estimate of drug-likeness (QED) is 0.620. The van der Waals surface area contributed by atoms with Crippen LogP contribution in [0, 0.1) is 6.92 Å². The number of carboxylic acid groups (broad SMARTS) is 1. The summed E-state index contributed by atoms with van der Waals surface area (Å²) in [5.41, 5.74) is 0.865. The van der Waals surface area contributed by atoms with Crippen LogP contribution in [-0.2, 0) is 0 Å². The van der Waals surface area contributed by atoms with Gasteiger partial charge >= 0.3 is 6.16 Å². The molecule has 1 aromatic rings. The van der Waals surface area contributed by atoms with Crippen molar-refractivity contribution in [2.24, 2.45) is 0 Å². The number of pyridine rings is 1. The van der Waals surface area contributed by atoms with Crippen molar-refractivity contribution in [3.8, 4) is 5.75 Å². The van der Waals surface area contributed by atoms with Gasteiger partial charge in [0.1, 0.15) is 0 Å². The lowest BCUT2D eigenvalue weighted by Crippen LogP contribution is -2.03. The molecule has 0 amide bonds. The zero-order chi connectivity index (χ0) is 8.27. The Balaban J connectivity index is 2.79. The van der Waals surface area contributed by atoms with Gasteiger partial charge in [0.05, 0.1) is 6.20 Å². The molecule has 1 heterocycles. The summed E-state index contributed by atoms with van der Waals surface area (Å²) in [5.74, 6) is 0.248. The molecule has 1 rings (SSSR count). The van der Waals surface area contributed by atoms with Gasteiger partial charge in [-0.2, -0.15) is 0 Å². The predicted octanol–water partition coefficient (Wildman–Crippen LogP) is 1.45. The molecule has 0 atom stereocenters. The van der Waals surface area contributed by atoms with E-state index in [9.17, 15) is 4.79 Å². The molecule has 1 N–H and O–H groups in total. The van der Waals surface area contributed by atoms with E-state index in [0.717, 1.165) is 5.56 Å². The minimum Gasteiger partial charge on any atom is -0.449 e. The molecule has 0 unspecified atom stereocenters. The largest absolute Gasteiger partial charge is 0.511 e. The van der Waals surface area contributed by atoms with Crippen molar-refractivity contribution in [1.29, 1.82) is 0 Å². The van der Waals surface area contributed by atoms with Gasteiger partial charge in [-0.05, 0) is 18.6 Å². The van der Waals surface area contributed by atoms with Crippen molar-refractivity contribution in [2.75, 3.05) is 0 Å². The number of ether oxygens (including phenoxy) is 1. The smallest absolute Gasteiger partial charge is 0.449 e. The maximum atomic E-state index is 10.0. The third kappa shape index (κ3) is 2.25. The van der Waals surface area contributed by atoms with E-state index in [0.29, 0.717) is 0 Å². The van der Waals surface area contributed by atoms with Gasteiger partial charge < -0.3 is 9.84 Å². The summed E-state index contributed by atoms with van der Waals surface area (Å²) in [6.07, 6.45) is 1.65. The van der Waals surface area contributed by atoms with Crippen LogP contribution in [0.2, 0.25) is 0 Å². The van der Waals surface area contributed by atoms with Crippen LogP contribution in [-0.4, -0.2) is 16.2 Å². The van der Waals surface area contributed by atoms with E-state index in [2.05, 4.69) is 9.72 Å². The van der Waals surface area contributed by atoms with Crippen molar-refractivity contribution in [1.82, 2.24) is 4.98 Å². The van der Waals surface area contributed by atoms with Crippen LogP contribution >= 0.6 is 0 Å². The summed E-state index contributed by atoms with van der Waals surface area (Å²) in [4.78, 5) is 13.8. The third-order valence-corrected chi connectivity index (χ3v) is 1.06. The molecule has 0 saturated carbocycles. The Morgan fingerprint density at radius 1 is 1.64 bits per heavy atom. The van der Waals surface area contributed by atoms with E-state index in [-0.39, 0.29) is 5.75 Å². The molecule has 0 radical (unpaired) electrons. The molecule has 0 aliphatic heterocycles. The van der Waals surface area contributed by atoms with Gasteiger partial charge in [-0.15, -0.1) is 0 Å². The number of hydrogen-bond acceptors (Lipinski definition) is 3. The molecule has 0 fully saturated rings. The lowest BCUT2D eigenvalue weighted by molar-refractivity contribution is 0.144. The van der Waals surface area contributed by atoms with Crippen molar-refractivity contribution < 1.29 is 14.6 Å². The van der Waals surface area contributed by atoms with E-state index in [4.69, 9.17) is 5.11 Å². The molecule has 58 valence electrons. The van der Waals surface area contributed by atoms with Crippen LogP contribution in [0.5, 0.6) is 5.75 Å². The maximum Gasteiger partial charge on any atom is 0.511 e. The van der Waals surface area contributed by atoms with Crippen LogP contribution in [0.4, 0.5) is 4.79 Å². The van der Waals surface area contributed by atoms with E-state index in [1.165, 1.54) is 6.20 Å². The molecular formula is C7H7NO3. The highest BCUT2D eigenvalue weighted by Gasteiger charge is 1.99. The number of hydrogen-bond donors (Lipinski definition) is 1. The molecule has 0 aliphatic carbocycles. The van der Waals surface area contributed by atoms with Crippen molar-refractivity contribution >= 4 is 6.16 Å². The minimum atomic E-state index is -1.32. The summed E-state index contributed by atoms with van der Waals surface area (Å²) in [6, 6.07) is 1.60. The third-order valence-electron chi connectivity index (χ3n) is 1.06. The fourth-order valence-corrected chi connectivity index (χ4v) is 0.684. The Hall–Kier alpha value is -1.58. The second-order valence-electron chi connectivity index (χ2n) is 2.07. The van der Waals surface area contributed by atoms with Crippen molar-refractivity contribution in [3.05, 3.63) is 24.0 Å². The Bertz CT molecular complexity index is 272. The number of nitrogens with zero attached hydrogens (tertiary/aromatic N) is 1. The van der Waals surface area contributed by atoms with E-state index in [1.54, 1.807) is 12.3 Å². The molecule has 4 nitrogen and oxygen atoms in total. The van der Waals surface area contributed by atoms with Crippen LogP contribution in [0.3, 0.4) is 0 Å². The monoisotopic (exact) mass is 153 g/mol. The number of carbonyl (C=O) groups is 1. The summed E-state index contributed by atoms with van der Waals surface area (Å²) in [5, 5.41) is 8.21. The molecule has 0 aromatic carbocycles. The Labute approximate surface area is 63.5 Å². The number of rotatable bonds is 1. The fraction of sp³-hybridized carbons (Fsp3) is 0.143.